The van der Waals surface area contributed by atoms with Gasteiger partial charge in [-0.3, -0.25) is 0 Å². The lowest BCUT2D eigenvalue weighted by atomic mass is 10.0. The van der Waals surface area contributed by atoms with E-state index in [9.17, 15) is 0 Å². The molecular formula is C27H27N. The molecule has 1 heteroatoms. The Bertz CT molecular complexity index is 926. The highest BCUT2D eigenvalue weighted by Gasteiger charge is 2.12. The molecule has 0 bridgehead atoms. The number of nitrogens with zero attached hydrogens (tertiary/aromatic N) is 1. The number of allylic oxidation sites excluding steroid dienone is 5. The fourth-order valence-electron chi connectivity index (χ4n) is 3.19. The highest BCUT2D eigenvalue weighted by Crippen LogP contribution is 2.35. The molecule has 3 rings (SSSR count). The van der Waals surface area contributed by atoms with E-state index in [1.54, 1.807) is 0 Å². The monoisotopic (exact) mass is 365 g/mol. The van der Waals surface area contributed by atoms with E-state index in [-0.39, 0.29) is 0 Å². The minimum atomic E-state index is 1.13. The zero-order chi connectivity index (χ0) is 19.9. The zero-order valence-corrected chi connectivity index (χ0v) is 16.9. The van der Waals surface area contributed by atoms with Gasteiger partial charge >= 0.3 is 0 Å². The molecule has 0 atom stereocenters. The van der Waals surface area contributed by atoms with Crippen molar-refractivity contribution in [3.63, 3.8) is 0 Å². The molecule has 0 amide bonds. The Kier molecular flexibility index (Phi) is 6.29. The Morgan fingerprint density at radius 2 is 1.14 bits per heavy atom. The number of aryl methyl sites for hydroxylation is 2. The van der Waals surface area contributed by atoms with Crippen LogP contribution in [-0.4, -0.2) is 0 Å². The first-order valence-corrected chi connectivity index (χ1v) is 9.61. The van der Waals surface area contributed by atoms with Crippen LogP contribution in [0.5, 0.6) is 0 Å². The molecule has 3 aromatic rings. The standard InChI is InChI=1S/C27H27N/c1-5-7-23(8-6-2)24-13-19-27(20-14-24)28(25-15-9-21(3)10-16-25)26-17-11-22(4)12-18-26/h5-20H,1H2,2-4H3/b8-6-,23-7+. The first-order chi connectivity index (χ1) is 13.6. The number of hydrogen-bond donors (Lipinski definition) is 0. The predicted molar refractivity (Wildman–Crippen MR) is 124 cm³/mol. The van der Waals surface area contributed by atoms with Crippen LogP contribution in [0.4, 0.5) is 17.1 Å². The maximum atomic E-state index is 3.83. The SMILES string of the molecule is C=C/C=C(\C=C/C)c1ccc(N(c2ccc(C)cc2)c2ccc(C)cc2)cc1. The molecule has 0 heterocycles. The maximum absolute atomic E-state index is 3.83. The van der Waals surface area contributed by atoms with Gasteiger partial charge in [-0.25, -0.2) is 0 Å². The largest absolute Gasteiger partial charge is 0.311 e. The van der Waals surface area contributed by atoms with Crippen LogP contribution < -0.4 is 4.90 Å². The third kappa shape index (κ3) is 4.50. The second kappa shape index (κ2) is 9.05. The molecule has 0 saturated heterocycles. The second-order valence-corrected chi connectivity index (χ2v) is 6.91. The van der Waals surface area contributed by atoms with Gasteiger partial charge in [0.15, 0.2) is 0 Å². The Morgan fingerprint density at radius 1 is 0.714 bits per heavy atom. The van der Waals surface area contributed by atoms with E-state index in [2.05, 4.69) is 104 Å². The number of benzene rings is 3. The van der Waals surface area contributed by atoms with Gasteiger partial charge in [-0.15, -0.1) is 0 Å². The normalized spacial score (nSPS) is 11.6. The van der Waals surface area contributed by atoms with Crippen LogP contribution in [0.15, 0.2) is 104 Å². The van der Waals surface area contributed by atoms with Crippen LogP contribution in [0.2, 0.25) is 0 Å². The van der Waals surface area contributed by atoms with Gasteiger partial charge in [-0.05, 0) is 68.3 Å². The Hall–Kier alpha value is -3.32. The van der Waals surface area contributed by atoms with Crippen molar-refractivity contribution >= 4 is 22.6 Å². The van der Waals surface area contributed by atoms with Gasteiger partial charge in [0, 0.05) is 17.1 Å². The summed E-state index contributed by atoms with van der Waals surface area (Å²) in [5.41, 5.74) is 8.28. The van der Waals surface area contributed by atoms with Crippen LogP contribution in [0.25, 0.3) is 5.57 Å². The molecule has 28 heavy (non-hydrogen) atoms. The average molecular weight is 366 g/mol. The van der Waals surface area contributed by atoms with Crippen molar-refractivity contribution in [3.8, 4) is 0 Å². The van der Waals surface area contributed by atoms with Crippen LogP contribution >= 0.6 is 0 Å². The molecular weight excluding hydrogens is 338 g/mol. The molecule has 0 aliphatic carbocycles. The van der Waals surface area contributed by atoms with Crippen LogP contribution in [0, 0.1) is 13.8 Å². The molecule has 0 saturated carbocycles. The summed E-state index contributed by atoms with van der Waals surface area (Å²) in [5.74, 6) is 0. The van der Waals surface area contributed by atoms with E-state index in [1.165, 1.54) is 16.7 Å². The summed E-state index contributed by atoms with van der Waals surface area (Å²) in [7, 11) is 0. The fourth-order valence-corrected chi connectivity index (χ4v) is 3.19. The highest BCUT2D eigenvalue weighted by atomic mass is 15.1. The number of rotatable bonds is 6. The van der Waals surface area contributed by atoms with E-state index in [4.69, 9.17) is 0 Å². The molecule has 3 aromatic carbocycles. The maximum Gasteiger partial charge on any atom is 0.0462 e. The molecule has 0 unspecified atom stereocenters. The van der Waals surface area contributed by atoms with E-state index in [1.807, 2.05) is 25.2 Å². The summed E-state index contributed by atoms with van der Waals surface area (Å²) in [5, 5.41) is 0. The number of hydrogen-bond acceptors (Lipinski definition) is 1. The van der Waals surface area contributed by atoms with Crippen molar-refractivity contribution in [2.45, 2.75) is 20.8 Å². The second-order valence-electron chi connectivity index (χ2n) is 6.91. The van der Waals surface area contributed by atoms with Crippen molar-refractivity contribution in [3.05, 3.63) is 120 Å². The highest BCUT2D eigenvalue weighted by molar-refractivity contribution is 5.80. The van der Waals surface area contributed by atoms with Gasteiger partial charge in [-0.2, -0.15) is 0 Å². The van der Waals surface area contributed by atoms with Crippen LogP contribution in [0.1, 0.15) is 23.6 Å². The molecule has 140 valence electrons. The summed E-state index contributed by atoms with van der Waals surface area (Å²) < 4.78 is 0. The summed E-state index contributed by atoms with van der Waals surface area (Å²) in [6, 6.07) is 26.0. The molecule has 0 fully saturated rings. The minimum absolute atomic E-state index is 1.13. The van der Waals surface area contributed by atoms with Gasteiger partial charge in [0.05, 0.1) is 0 Å². The molecule has 0 spiro atoms. The molecule has 0 aliphatic rings. The van der Waals surface area contributed by atoms with Gasteiger partial charge in [0.2, 0.25) is 0 Å². The molecule has 1 nitrogen and oxygen atoms in total. The quantitative estimate of drug-likeness (QED) is 0.401. The van der Waals surface area contributed by atoms with Crippen LogP contribution in [-0.2, 0) is 0 Å². The lowest BCUT2D eigenvalue weighted by Crippen LogP contribution is -2.09. The molecule has 0 aliphatic heterocycles. The zero-order valence-electron chi connectivity index (χ0n) is 16.9. The van der Waals surface area contributed by atoms with Gasteiger partial charge in [0.25, 0.3) is 0 Å². The van der Waals surface area contributed by atoms with Gasteiger partial charge in [-0.1, -0.05) is 78.4 Å². The van der Waals surface area contributed by atoms with Crippen LogP contribution in [0.3, 0.4) is 0 Å². The fraction of sp³-hybridized carbons (Fsp3) is 0.111. The summed E-state index contributed by atoms with van der Waals surface area (Å²) in [6.45, 7) is 10.1. The van der Waals surface area contributed by atoms with Crippen molar-refractivity contribution in [1.29, 1.82) is 0 Å². The average Bonchev–Trinajstić information content (AvgIpc) is 2.71. The van der Waals surface area contributed by atoms with E-state index >= 15 is 0 Å². The van der Waals surface area contributed by atoms with Crippen molar-refractivity contribution < 1.29 is 0 Å². The van der Waals surface area contributed by atoms with E-state index < -0.39 is 0 Å². The lowest BCUT2D eigenvalue weighted by molar-refractivity contribution is 1.27. The van der Waals surface area contributed by atoms with Gasteiger partial charge < -0.3 is 4.90 Å². The van der Waals surface area contributed by atoms with Gasteiger partial charge in [0.1, 0.15) is 0 Å². The van der Waals surface area contributed by atoms with E-state index in [0.717, 1.165) is 22.6 Å². The third-order valence-corrected chi connectivity index (χ3v) is 4.69. The van der Waals surface area contributed by atoms with Crippen molar-refractivity contribution in [2.75, 3.05) is 4.90 Å². The first kappa shape index (κ1) is 19.4. The summed E-state index contributed by atoms with van der Waals surface area (Å²) >= 11 is 0. The number of anilines is 3. The van der Waals surface area contributed by atoms with E-state index in [0.29, 0.717) is 0 Å². The smallest absolute Gasteiger partial charge is 0.0462 e. The molecule has 0 aromatic heterocycles. The topological polar surface area (TPSA) is 3.24 Å². The summed E-state index contributed by atoms with van der Waals surface area (Å²) in [4.78, 5) is 2.29. The van der Waals surface area contributed by atoms with Crippen molar-refractivity contribution in [2.24, 2.45) is 0 Å². The van der Waals surface area contributed by atoms with Crippen molar-refractivity contribution in [1.82, 2.24) is 0 Å². The third-order valence-electron chi connectivity index (χ3n) is 4.69. The predicted octanol–water partition coefficient (Wildman–Crippen LogP) is 7.92. The Labute approximate surface area is 169 Å². The molecule has 0 N–H and O–H groups in total. The lowest BCUT2D eigenvalue weighted by Gasteiger charge is -2.26. The molecule has 0 radical (unpaired) electrons. The Balaban J connectivity index is 2.05. The summed E-state index contributed by atoms with van der Waals surface area (Å²) in [6.07, 6.45) is 8.02. The first-order valence-electron chi connectivity index (χ1n) is 9.61. The Morgan fingerprint density at radius 3 is 1.54 bits per heavy atom. The minimum Gasteiger partial charge on any atom is -0.311 e.